The van der Waals surface area contributed by atoms with Crippen LogP contribution in [0.25, 0.3) is 0 Å². The van der Waals surface area contributed by atoms with Crippen LogP contribution in [0, 0.1) is 0 Å². The summed E-state index contributed by atoms with van der Waals surface area (Å²) in [6.45, 7) is 0. The molecule has 3 rings (SSSR count). The van der Waals surface area contributed by atoms with E-state index in [1.807, 2.05) is 60.7 Å². The van der Waals surface area contributed by atoms with Gasteiger partial charge in [-0.05, 0) is 0 Å². The van der Waals surface area contributed by atoms with Gasteiger partial charge in [0, 0.05) is 10.6 Å². The third-order valence-electron chi connectivity index (χ3n) is 3.09. The standard InChI is InChI=1S/C12H11OP.C5H5.CH3.2HI.Ir/c13-14(11-7-3-1-4-8-11)12-9-5-2-6-10-12;1-2-4-5-3-1;;;;/h1-10,13H;1-3H,4H2;1H3;2*1H;/q;;;;;+2/p-2. The summed E-state index contributed by atoms with van der Waals surface area (Å²) in [6, 6.07) is 19.5. The van der Waals surface area contributed by atoms with Crippen LogP contribution in [0.5, 0.6) is 0 Å². The zero-order valence-corrected chi connectivity index (χ0v) is 20.3. The van der Waals surface area contributed by atoms with Crippen molar-refractivity contribution >= 4 is 57.9 Å². The minimum absolute atomic E-state index is 0.994. The topological polar surface area (TPSA) is 20.2 Å². The third kappa shape index (κ3) is 6.68. The van der Waals surface area contributed by atoms with Crippen LogP contribution in [-0.4, -0.2) is 4.89 Å². The molecule has 2 aromatic carbocycles. The second-order valence-electron chi connectivity index (χ2n) is 4.79. The molecule has 0 spiro atoms. The molecule has 2 aromatic rings. The van der Waals surface area contributed by atoms with E-state index in [0.29, 0.717) is 0 Å². The van der Waals surface area contributed by atoms with E-state index in [1.165, 1.54) is 6.42 Å². The van der Waals surface area contributed by atoms with Gasteiger partial charge in [0.25, 0.3) is 0 Å². The molecule has 0 radical (unpaired) electrons. The van der Waals surface area contributed by atoms with Crippen molar-refractivity contribution in [2.24, 2.45) is 0 Å². The van der Waals surface area contributed by atoms with E-state index in [-0.39, 0.29) is 0 Å². The second-order valence-corrected chi connectivity index (χ2v) is 47.1. The maximum atomic E-state index is 10.1. The molecule has 1 nitrogen and oxygen atoms in total. The zero-order valence-electron chi connectivity index (χ0n) is 12.7. The Hall–Kier alpha value is 0.419. The van der Waals surface area contributed by atoms with Crippen molar-refractivity contribution in [1.29, 1.82) is 0 Å². The molecular weight excluding hydrogens is 709 g/mol. The molecule has 5 heteroatoms. The first-order valence-electron chi connectivity index (χ1n) is 6.94. The van der Waals surface area contributed by atoms with Crippen LogP contribution in [0.2, 0.25) is 5.44 Å². The van der Waals surface area contributed by atoms with Gasteiger partial charge in [0.2, 0.25) is 0 Å². The fourth-order valence-electron chi connectivity index (χ4n) is 1.92. The summed E-state index contributed by atoms with van der Waals surface area (Å²) in [6.07, 6.45) is 7.94. The molecular formula is C18H19I2IrOP. The minimum atomic E-state index is -1.44. The van der Waals surface area contributed by atoms with Crippen molar-refractivity contribution in [2.75, 3.05) is 0 Å². The van der Waals surface area contributed by atoms with Gasteiger partial charge in [-0.1, -0.05) is 60.7 Å². The summed E-state index contributed by atoms with van der Waals surface area (Å²) < 4.78 is 1.70. The van der Waals surface area contributed by atoms with Crippen LogP contribution in [-0.2, 0) is 8.12 Å². The maximum absolute atomic E-state index is 10.1. The molecule has 0 saturated carbocycles. The van der Waals surface area contributed by atoms with Crippen molar-refractivity contribution in [2.45, 2.75) is 11.9 Å². The average molecular weight is 728 g/mol. The summed E-state index contributed by atoms with van der Waals surface area (Å²) in [5.74, 6) is 0. The summed E-state index contributed by atoms with van der Waals surface area (Å²) in [5, 5.41) is 1.99. The van der Waals surface area contributed by atoms with E-state index >= 15 is 0 Å². The van der Waals surface area contributed by atoms with Crippen molar-refractivity contribution in [3.8, 4) is 0 Å². The molecule has 0 unspecified atom stereocenters. The van der Waals surface area contributed by atoms with E-state index in [0.717, 1.165) is 10.6 Å². The van der Waals surface area contributed by atoms with Crippen LogP contribution in [0.1, 0.15) is 6.42 Å². The summed E-state index contributed by atoms with van der Waals surface area (Å²) in [7, 11) is -2.61. The van der Waals surface area contributed by atoms with Crippen LogP contribution >= 0.6 is 47.3 Å². The summed E-state index contributed by atoms with van der Waals surface area (Å²) in [5.41, 5.74) is 2.42. The van der Waals surface area contributed by atoms with E-state index in [9.17, 15) is 4.89 Å². The molecule has 0 bridgehead atoms. The summed E-state index contributed by atoms with van der Waals surface area (Å²) >= 11 is 5.29. The van der Waals surface area contributed by atoms with Gasteiger partial charge in [0.05, 0.1) is 8.15 Å². The first kappa shape index (κ1) is 19.7. The Morgan fingerprint density at radius 1 is 0.913 bits per heavy atom. The fourth-order valence-corrected chi connectivity index (χ4v) is 9.56. The Balaban J connectivity index is 0.000000185. The van der Waals surface area contributed by atoms with Crippen LogP contribution in [0.3, 0.4) is 0 Å². The van der Waals surface area contributed by atoms with Crippen molar-refractivity contribution in [3.05, 3.63) is 83.0 Å². The number of allylic oxidation sites excluding steroid dienone is 4. The molecule has 1 aliphatic carbocycles. The predicted octanol–water partition coefficient (Wildman–Crippen LogP) is 5.76. The molecule has 1 N–H and O–H groups in total. The Kier molecular flexibility index (Phi) is 8.40. The average Bonchev–Trinajstić information content (AvgIpc) is 3.11. The molecule has 0 amide bonds. The number of halogens is 2. The number of hydrogen-bond acceptors (Lipinski definition) is 1. The Morgan fingerprint density at radius 2 is 1.39 bits per heavy atom. The molecule has 0 fully saturated rings. The van der Waals surface area contributed by atoms with Crippen molar-refractivity contribution in [1.82, 2.24) is 0 Å². The number of benzene rings is 2. The zero-order chi connectivity index (χ0) is 16.7. The van der Waals surface area contributed by atoms with Crippen molar-refractivity contribution < 1.29 is 13.0 Å². The monoisotopic (exact) mass is 729 g/mol. The van der Waals surface area contributed by atoms with E-state index < -0.39 is 16.3 Å². The molecule has 125 valence electrons. The molecule has 0 heterocycles. The molecule has 1 aliphatic rings. The Labute approximate surface area is 164 Å². The quantitative estimate of drug-likeness (QED) is 0.315. The first-order chi connectivity index (χ1) is 11.0. The Bertz CT molecular complexity index is 627. The molecule has 0 aliphatic heterocycles. The molecule has 0 atom stereocenters. The van der Waals surface area contributed by atoms with Gasteiger partial charge in [-0.2, -0.15) is 0 Å². The molecule has 0 aromatic heterocycles. The van der Waals surface area contributed by atoms with Crippen molar-refractivity contribution in [3.63, 3.8) is 0 Å². The second kappa shape index (κ2) is 9.79. The first-order valence-corrected chi connectivity index (χ1v) is 25.4. The van der Waals surface area contributed by atoms with Crippen LogP contribution < -0.4 is 10.6 Å². The van der Waals surface area contributed by atoms with E-state index in [1.54, 1.807) is 4.09 Å². The van der Waals surface area contributed by atoms with Gasteiger partial charge >= 0.3 is 81.5 Å². The summed E-state index contributed by atoms with van der Waals surface area (Å²) in [4.78, 5) is 10.1. The van der Waals surface area contributed by atoms with Gasteiger partial charge in [-0.15, -0.1) is 0 Å². The van der Waals surface area contributed by atoms with E-state index in [4.69, 9.17) is 0 Å². The fraction of sp³-hybridized carbons (Fsp3) is 0.111. The normalized spacial score (nSPS) is 14.2. The van der Waals surface area contributed by atoms with E-state index in [2.05, 4.69) is 62.9 Å². The van der Waals surface area contributed by atoms with Gasteiger partial charge < -0.3 is 4.89 Å². The number of rotatable bonds is 3. The third-order valence-corrected chi connectivity index (χ3v) is 15.8. The van der Waals surface area contributed by atoms with Gasteiger partial charge in [-0.3, -0.25) is 0 Å². The van der Waals surface area contributed by atoms with Gasteiger partial charge in [-0.25, -0.2) is 0 Å². The molecule has 0 saturated heterocycles. The Morgan fingerprint density at radius 3 is 1.70 bits per heavy atom. The van der Waals surface area contributed by atoms with Gasteiger partial charge in [0.15, 0.2) is 0 Å². The SMILES string of the molecule is OP(c1ccccc1)c1ccccc1.[CH3][Ir]([I])([I])[C]1=CC=CC1. The predicted molar refractivity (Wildman–Crippen MR) is 117 cm³/mol. The van der Waals surface area contributed by atoms with Gasteiger partial charge in [0.1, 0.15) is 0 Å². The molecule has 23 heavy (non-hydrogen) atoms. The number of hydrogen-bond donors (Lipinski definition) is 1. The van der Waals surface area contributed by atoms with Crippen LogP contribution in [0.15, 0.2) is 83.0 Å². The van der Waals surface area contributed by atoms with Crippen LogP contribution in [0.4, 0.5) is 0 Å².